The molecule has 5 nitrogen and oxygen atoms in total. The summed E-state index contributed by atoms with van der Waals surface area (Å²) < 4.78 is 34.3. The van der Waals surface area contributed by atoms with Crippen molar-refractivity contribution in [3.63, 3.8) is 0 Å². The van der Waals surface area contributed by atoms with Crippen LogP contribution in [-0.4, -0.2) is 26.2 Å². The largest absolute Gasteiger partial charge is 0.493 e. The van der Waals surface area contributed by atoms with Crippen LogP contribution in [0.25, 0.3) is 0 Å². The van der Waals surface area contributed by atoms with Crippen LogP contribution in [0.3, 0.4) is 0 Å². The molecule has 2 aromatic rings. The predicted molar refractivity (Wildman–Crippen MR) is 97.3 cm³/mol. The summed E-state index contributed by atoms with van der Waals surface area (Å²) in [6, 6.07) is 12.1. The number of hydrogen-bond acceptors (Lipinski definition) is 4. The lowest BCUT2D eigenvalue weighted by molar-refractivity contribution is -0.114. The minimum atomic E-state index is -2.96. The highest BCUT2D eigenvalue weighted by Crippen LogP contribution is 2.31. The van der Waals surface area contributed by atoms with Crippen molar-refractivity contribution in [3.05, 3.63) is 48.0 Å². The van der Waals surface area contributed by atoms with Gasteiger partial charge in [0.1, 0.15) is 0 Å². The van der Waals surface area contributed by atoms with Crippen LogP contribution in [0, 0.1) is 0 Å². The van der Waals surface area contributed by atoms with Crippen molar-refractivity contribution in [2.45, 2.75) is 26.4 Å². The average Bonchev–Trinajstić information content (AvgIpc) is 2.60. The van der Waals surface area contributed by atoms with E-state index in [0.29, 0.717) is 17.3 Å². The van der Waals surface area contributed by atoms with Gasteiger partial charge in [0.15, 0.2) is 11.5 Å². The molecule has 0 unspecified atom stereocenters. The molecule has 2 aromatic carbocycles. The maximum absolute atomic E-state index is 12.5. The van der Waals surface area contributed by atoms with Crippen LogP contribution in [-0.2, 0) is 4.79 Å². The van der Waals surface area contributed by atoms with E-state index in [1.165, 1.54) is 19.2 Å². The van der Waals surface area contributed by atoms with Crippen molar-refractivity contribution in [2.24, 2.45) is 0 Å². The van der Waals surface area contributed by atoms with E-state index in [-0.39, 0.29) is 24.0 Å². The van der Waals surface area contributed by atoms with Crippen LogP contribution in [0.4, 0.5) is 20.2 Å². The second-order valence-electron chi connectivity index (χ2n) is 5.93. The quantitative estimate of drug-likeness (QED) is 0.726. The molecule has 0 fully saturated rings. The third kappa shape index (κ3) is 5.61. The highest BCUT2D eigenvalue weighted by atomic mass is 19.3. The molecule has 0 bridgehead atoms. The van der Waals surface area contributed by atoms with Gasteiger partial charge < -0.3 is 20.1 Å². The minimum Gasteiger partial charge on any atom is -0.493 e. The van der Waals surface area contributed by atoms with Gasteiger partial charge in [0.2, 0.25) is 5.91 Å². The summed E-state index contributed by atoms with van der Waals surface area (Å²) in [4.78, 5) is 12.1. The topological polar surface area (TPSA) is 59.6 Å². The van der Waals surface area contributed by atoms with Crippen molar-refractivity contribution in [3.8, 4) is 11.5 Å². The van der Waals surface area contributed by atoms with E-state index in [0.717, 1.165) is 5.56 Å². The van der Waals surface area contributed by atoms with Gasteiger partial charge in [-0.1, -0.05) is 26.0 Å². The average molecular weight is 364 g/mol. The fraction of sp³-hybridized carbons (Fsp3) is 0.316. The molecule has 0 radical (unpaired) electrons. The molecular weight excluding hydrogens is 342 g/mol. The summed E-state index contributed by atoms with van der Waals surface area (Å²) in [5, 5.41) is 5.67. The highest BCUT2D eigenvalue weighted by molar-refractivity contribution is 5.93. The van der Waals surface area contributed by atoms with Gasteiger partial charge in [0.25, 0.3) is 0 Å². The lowest BCUT2D eigenvalue weighted by Gasteiger charge is -2.13. The SMILES string of the molecule is COc1ccc(NCC(=O)Nc2cccc(C(C)C)c2)cc1OC(F)F. The van der Waals surface area contributed by atoms with Gasteiger partial charge in [-0.3, -0.25) is 4.79 Å². The van der Waals surface area contributed by atoms with E-state index in [1.54, 1.807) is 6.07 Å². The summed E-state index contributed by atoms with van der Waals surface area (Å²) in [5.74, 6) is 0.193. The number of ether oxygens (including phenoxy) is 2. The summed E-state index contributed by atoms with van der Waals surface area (Å²) in [7, 11) is 1.36. The van der Waals surface area contributed by atoms with E-state index in [1.807, 2.05) is 24.3 Å². The third-order valence-corrected chi connectivity index (χ3v) is 3.67. The number of carbonyl (C=O) groups is 1. The lowest BCUT2D eigenvalue weighted by atomic mass is 10.0. The number of alkyl halides is 2. The monoisotopic (exact) mass is 364 g/mol. The van der Waals surface area contributed by atoms with Crippen LogP contribution in [0.15, 0.2) is 42.5 Å². The highest BCUT2D eigenvalue weighted by Gasteiger charge is 2.12. The van der Waals surface area contributed by atoms with E-state index < -0.39 is 6.61 Å². The Kier molecular flexibility index (Phi) is 6.77. The number of methoxy groups -OCH3 is 1. The third-order valence-electron chi connectivity index (χ3n) is 3.67. The Morgan fingerprint density at radius 2 is 1.85 bits per heavy atom. The Labute approximate surface area is 151 Å². The number of rotatable bonds is 8. The molecule has 2 N–H and O–H groups in total. The number of amides is 1. The molecule has 0 saturated heterocycles. The fourth-order valence-corrected chi connectivity index (χ4v) is 2.34. The van der Waals surface area contributed by atoms with Gasteiger partial charge in [-0.05, 0) is 35.7 Å². The van der Waals surface area contributed by atoms with Crippen molar-refractivity contribution < 1.29 is 23.0 Å². The van der Waals surface area contributed by atoms with E-state index in [2.05, 4.69) is 29.2 Å². The maximum Gasteiger partial charge on any atom is 0.387 e. The molecule has 140 valence electrons. The number of hydrogen-bond donors (Lipinski definition) is 2. The lowest BCUT2D eigenvalue weighted by Crippen LogP contribution is -2.21. The fourth-order valence-electron chi connectivity index (χ4n) is 2.34. The second-order valence-corrected chi connectivity index (χ2v) is 5.93. The molecule has 0 aliphatic carbocycles. The molecule has 7 heteroatoms. The summed E-state index contributed by atoms with van der Waals surface area (Å²) in [6.45, 7) is 1.17. The molecule has 2 rings (SSSR count). The first-order valence-electron chi connectivity index (χ1n) is 8.15. The van der Waals surface area contributed by atoms with Crippen LogP contribution in [0.1, 0.15) is 25.3 Å². The summed E-state index contributed by atoms with van der Waals surface area (Å²) >= 11 is 0. The Bertz CT molecular complexity index is 751. The van der Waals surface area contributed by atoms with Crippen LogP contribution in [0.5, 0.6) is 11.5 Å². The van der Waals surface area contributed by atoms with Crippen LogP contribution < -0.4 is 20.1 Å². The predicted octanol–water partition coefficient (Wildman–Crippen LogP) is 4.47. The number of anilines is 2. The van der Waals surface area contributed by atoms with Gasteiger partial charge in [-0.25, -0.2) is 0 Å². The van der Waals surface area contributed by atoms with Gasteiger partial charge in [-0.2, -0.15) is 8.78 Å². The van der Waals surface area contributed by atoms with Gasteiger partial charge in [0, 0.05) is 17.4 Å². The second kappa shape index (κ2) is 9.03. The van der Waals surface area contributed by atoms with E-state index in [9.17, 15) is 13.6 Å². The Balaban J connectivity index is 1.97. The van der Waals surface area contributed by atoms with E-state index in [4.69, 9.17) is 4.74 Å². The molecule has 1 amide bonds. The Hall–Kier alpha value is -2.83. The molecule has 0 aromatic heterocycles. The first kappa shape index (κ1) is 19.5. The van der Waals surface area contributed by atoms with Crippen molar-refractivity contribution in [1.29, 1.82) is 0 Å². The van der Waals surface area contributed by atoms with Crippen LogP contribution >= 0.6 is 0 Å². The normalized spacial score (nSPS) is 10.7. The Morgan fingerprint density at radius 1 is 1.08 bits per heavy atom. The van der Waals surface area contributed by atoms with Crippen molar-refractivity contribution >= 4 is 17.3 Å². The maximum atomic E-state index is 12.5. The molecular formula is C19H22F2N2O3. The number of benzene rings is 2. The Morgan fingerprint density at radius 3 is 2.50 bits per heavy atom. The zero-order chi connectivity index (χ0) is 19.1. The van der Waals surface area contributed by atoms with Crippen molar-refractivity contribution in [1.82, 2.24) is 0 Å². The zero-order valence-corrected chi connectivity index (χ0v) is 14.9. The molecule has 0 aliphatic rings. The molecule has 0 atom stereocenters. The number of nitrogens with one attached hydrogen (secondary N) is 2. The molecule has 0 saturated carbocycles. The van der Waals surface area contributed by atoms with Crippen molar-refractivity contribution in [2.75, 3.05) is 24.3 Å². The standard InChI is InChI=1S/C19H22F2N2O3/c1-12(2)13-5-4-6-15(9-13)23-18(24)11-22-14-7-8-16(25-3)17(10-14)26-19(20)21/h4-10,12,19,22H,11H2,1-3H3,(H,23,24). The molecule has 0 aliphatic heterocycles. The first-order valence-corrected chi connectivity index (χ1v) is 8.15. The first-order chi connectivity index (χ1) is 12.4. The van der Waals surface area contributed by atoms with Crippen LogP contribution in [0.2, 0.25) is 0 Å². The molecule has 26 heavy (non-hydrogen) atoms. The number of halogens is 2. The molecule has 0 spiro atoms. The van der Waals surface area contributed by atoms with Gasteiger partial charge in [-0.15, -0.1) is 0 Å². The smallest absolute Gasteiger partial charge is 0.387 e. The number of carbonyl (C=O) groups excluding carboxylic acids is 1. The zero-order valence-electron chi connectivity index (χ0n) is 14.9. The summed E-state index contributed by atoms with van der Waals surface area (Å²) in [6.07, 6.45) is 0. The van der Waals surface area contributed by atoms with Gasteiger partial charge >= 0.3 is 6.61 Å². The summed E-state index contributed by atoms with van der Waals surface area (Å²) in [5.41, 5.74) is 2.30. The van der Waals surface area contributed by atoms with E-state index >= 15 is 0 Å². The minimum absolute atomic E-state index is 0.0215. The molecule has 0 heterocycles. The van der Waals surface area contributed by atoms with Gasteiger partial charge in [0.05, 0.1) is 13.7 Å².